The molecular formula is C10H15F3O4. The molecule has 0 aromatic rings. The van der Waals surface area contributed by atoms with E-state index in [-0.39, 0.29) is 0 Å². The third-order valence-corrected chi connectivity index (χ3v) is 3.54. The highest BCUT2D eigenvalue weighted by Crippen LogP contribution is 2.55. The number of carbonyl (C=O) groups is 2. The Morgan fingerprint density at radius 2 is 1.35 bits per heavy atom. The van der Waals surface area contributed by atoms with Gasteiger partial charge < -0.3 is 10.2 Å². The molecule has 0 amide bonds. The topological polar surface area (TPSA) is 74.6 Å². The summed E-state index contributed by atoms with van der Waals surface area (Å²) in [6.45, 7) is 2.89. The minimum atomic E-state index is -4.91. The van der Waals surface area contributed by atoms with Gasteiger partial charge in [0.25, 0.3) is 0 Å². The number of carboxylic acids is 2. The van der Waals surface area contributed by atoms with Crippen LogP contribution in [0.25, 0.3) is 0 Å². The average Bonchev–Trinajstić information content (AvgIpc) is 2.16. The highest BCUT2D eigenvalue weighted by atomic mass is 19.4. The predicted molar refractivity (Wildman–Crippen MR) is 52.4 cm³/mol. The van der Waals surface area contributed by atoms with Crippen molar-refractivity contribution in [1.29, 1.82) is 0 Å². The SMILES string of the molecule is CCC(C(=O)O)(C(=O)O)C(C)(CC)C(F)(F)F. The monoisotopic (exact) mass is 256 g/mol. The Labute approximate surface area is 96.4 Å². The molecule has 0 bridgehead atoms. The van der Waals surface area contributed by atoms with E-state index in [4.69, 9.17) is 10.2 Å². The summed E-state index contributed by atoms with van der Waals surface area (Å²) in [5.74, 6) is -3.93. The molecule has 17 heavy (non-hydrogen) atoms. The van der Waals surface area contributed by atoms with Crippen LogP contribution in [0.3, 0.4) is 0 Å². The summed E-state index contributed by atoms with van der Waals surface area (Å²) in [6, 6.07) is 0. The molecular weight excluding hydrogens is 241 g/mol. The summed E-state index contributed by atoms with van der Waals surface area (Å²) in [5, 5.41) is 17.9. The van der Waals surface area contributed by atoms with Crippen molar-refractivity contribution in [2.24, 2.45) is 10.8 Å². The summed E-state index contributed by atoms with van der Waals surface area (Å²) < 4.78 is 38.9. The first-order valence-corrected chi connectivity index (χ1v) is 5.04. The lowest BCUT2D eigenvalue weighted by Crippen LogP contribution is -2.58. The van der Waals surface area contributed by atoms with Crippen LogP contribution in [-0.2, 0) is 9.59 Å². The second-order valence-electron chi connectivity index (χ2n) is 4.05. The number of rotatable bonds is 5. The molecule has 0 rings (SSSR count). The molecule has 100 valence electrons. The molecule has 0 aromatic heterocycles. The molecule has 4 nitrogen and oxygen atoms in total. The van der Waals surface area contributed by atoms with Gasteiger partial charge in [0.15, 0.2) is 5.41 Å². The molecule has 2 N–H and O–H groups in total. The quantitative estimate of drug-likeness (QED) is 0.741. The lowest BCUT2D eigenvalue weighted by atomic mass is 9.60. The summed E-state index contributed by atoms with van der Waals surface area (Å²) >= 11 is 0. The predicted octanol–water partition coefficient (Wildman–Crippen LogP) is 2.53. The molecule has 0 spiro atoms. The van der Waals surface area contributed by atoms with Crippen molar-refractivity contribution in [2.45, 2.75) is 39.8 Å². The fourth-order valence-corrected chi connectivity index (χ4v) is 2.00. The largest absolute Gasteiger partial charge is 0.480 e. The molecule has 7 heteroatoms. The maximum atomic E-state index is 13.0. The van der Waals surface area contributed by atoms with Gasteiger partial charge in [-0.05, 0) is 19.8 Å². The van der Waals surface area contributed by atoms with Gasteiger partial charge in [-0.15, -0.1) is 0 Å². The molecule has 0 heterocycles. The first-order chi connectivity index (χ1) is 7.51. The summed E-state index contributed by atoms with van der Waals surface area (Å²) in [6.07, 6.45) is -6.17. The van der Waals surface area contributed by atoms with E-state index in [1.165, 1.54) is 0 Å². The van der Waals surface area contributed by atoms with Gasteiger partial charge >= 0.3 is 18.1 Å². The van der Waals surface area contributed by atoms with Crippen molar-refractivity contribution in [2.75, 3.05) is 0 Å². The Morgan fingerprint density at radius 1 is 1.00 bits per heavy atom. The average molecular weight is 256 g/mol. The zero-order valence-electron chi connectivity index (χ0n) is 9.76. The van der Waals surface area contributed by atoms with Crippen LogP contribution < -0.4 is 0 Å². The van der Waals surface area contributed by atoms with E-state index in [2.05, 4.69) is 0 Å². The van der Waals surface area contributed by atoms with Gasteiger partial charge in [0.05, 0.1) is 5.41 Å². The molecule has 0 aliphatic heterocycles. The number of aliphatic carboxylic acids is 2. The highest BCUT2D eigenvalue weighted by molar-refractivity contribution is 5.99. The van der Waals surface area contributed by atoms with Crippen molar-refractivity contribution in [3.05, 3.63) is 0 Å². The van der Waals surface area contributed by atoms with Crippen molar-refractivity contribution in [3.8, 4) is 0 Å². The maximum Gasteiger partial charge on any atom is 0.395 e. The third kappa shape index (κ3) is 1.98. The minimum absolute atomic E-state index is 0.622. The fraction of sp³-hybridized carbons (Fsp3) is 0.800. The van der Waals surface area contributed by atoms with Gasteiger partial charge in [-0.1, -0.05) is 13.8 Å². The van der Waals surface area contributed by atoms with Gasteiger partial charge in [-0.2, -0.15) is 13.2 Å². The van der Waals surface area contributed by atoms with Crippen LogP contribution in [0.1, 0.15) is 33.6 Å². The van der Waals surface area contributed by atoms with Crippen LogP contribution in [0, 0.1) is 10.8 Å². The van der Waals surface area contributed by atoms with Crippen LogP contribution >= 0.6 is 0 Å². The molecule has 0 saturated carbocycles. The number of hydrogen-bond acceptors (Lipinski definition) is 2. The number of carboxylic acid groups (broad SMARTS) is 2. The summed E-state index contributed by atoms with van der Waals surface area (Å²) in [7, 11) is 0. The summed E-state index contributed by atoms with van der Waals surface area (Å²) in [5.41, 5.74) is -5.67. The van der Waals surface area contributed by atoms with Crippen LogP contribution in [0.15, 0.2) is 0 Å². The van der Waals surface area contributed by atoms with Crippen LogP contribution in [0.2, 0.25) is 0 Å². The normalized spacial score (nSPS) is 16.4. The first kappa shape index (κ1) is 15.7. The molecule has 0 fully saturated rings. The fourth-order valence-electron chi connectivity index (χ4n) is 2.00. The Hall–Kier alpha value is -1.27. The van der Waals surface area contributed by atoms with E-state index in [9.17, 15) is 22.8 Å². The smallest absolute Gasteiger partial charge is 0.395 e. The maximum absolute atomic E-state index is 13.0. The molecule has 0 radical (unpaired) electrons. The van der Waals surface area contributed by atoms with Crippen LogP contribution in [-0.4, -0.2) is 28.3 Å². The molecule has 0 saturated heterocycles. The number of alkyl halides is 3. The Balaban J connectivity index is 6.08. The lowest BCUT2D eigenvalue weighted by molar-refractivity contribution is -0.263. The summed E-state index contributed by atoms with van der Waals surface area (Å²) in [4.78, 5) is 22.1. The third-order valence-electron chi connectivity index (χ3n) is 3.54. The second kappa shape index (κ2) is 4.54. The zero-order valence-corrected chi connectivity index (χ0v) is 9.76. The van der Waals surface area contributed by atoms with Crippen LogP contribution in [0.4, 0.5) is 13.2 Å². The van der Waals surface area contributed by atoms with Gasteiger partial charge in [-0.25, -0.2) is 0 Å². The van der Waals surface area contributed by atoms with E-state index >= 15 is 0 Å². The Bertz CT molecular complexity index is 310. The van der Waals surface area contributed by atoms with Gasteiger partial charge in [0.2, 0.25) is 0 Å². The molecule has 0 aliphatic rings. The second-order valence-corrected chi connectivity index (χ2v) is 4.05. The molecule has 0 aromatic carbocycles. The van der Waals surface area contributed by atoms with E-state index < -0.39 is 41.8 Å². The van der Waals surface area contributed by atoms with Crippen molar-refractivity contribution >= 4 is 11.9 Å². The standard InChI is InChI=1S/C10H15F3O4/c1-4-8(3,10(11,12)13)9(5-2,6(14)15)7(16)17/h4-5H2,1-3H3,(H,14,15)(H,16,17). The van der Waals surface area contributed by atoms with Gasteiger partial charge in [0.1, 0.15) is 0 Å². The Morgan fingerprint density at radius 3 is 1.41 bits per heavy atom. The van der Waals surface area contributed by atoms with E-state index in [0.717, 1.165) is 13.8 Å². The first-order valence-electron chi connectivity index (χ1n) is 5.04. The van der Waals surface area contributed by atoms with Crippen molar-refractivity contribution in [1.82, 2.24) is 0 Å². The number of hydrogen-bond donors (Lipinski definition) is 2. The minimum Gasteiger partial charge on any atom is -0.480 e. The van der Waals surface area contributed by atoms with Crippen LogP contribution in [0.5, 0.6) is 0 Å². The van der Waals surface area contributed by atoms with Gasteiger partial charge in [-0.3, -0.25) is 9.59 Å². The number of halogens is 3. The van der Waals surface area contributed by atoms with E-state index in [1.807, 2.05) is 0 Å². The van der Waals surface area contributed by atoms with E-state index in [1.54, 1.807) is 0 Å². The lowest BCUT2D eigenvalue weighted by Gasteiger charge is -2.42. The highest BCUT2D eigenvalue weighted by Gasteiger charge is 2.69. The molecule has 1 atom stereocenters. The zero-order chi connectivity index (χ0) is 14.1. The van der Waals surface area contributed by atoms with E-state index in [0.29, 0.717) is 6.92 Å². The van der Waals surface area contributed by atoms with Crippen molar-refractivity contribution in [3.63, 3.8) is 0 Å². The Kier molecular flexibility index (Phi) is 4.20. The van der Waals surface area contributed by atoms with Crippen molar-refractivity contribution < 1.29 is 33.0 Å². The van der Waals surface area contributed by atoms with Gasteiger partial charge in [0, 0.05) is 0 Å². The molecule has 0 aliphatic carbocycles. The molecule has 1 unspecified atom stereocenters.